The van der Waals surface area contributed by atoms with Crippen LogP contribution in [-0.2, 0) is 9.59 Å². The maximum Gasteiger partial charge on any atom is 0.262 e. The van der Waals surface area contributed by atoms with E-state index in [0.29, 0.717) is 6.42 Å². The Bertz CT molecular complexity index is 871. The summed E-state index contributed by atoms with van der Waals surface area (Å²) in [6, 6.07) is 15.9. The number of amides is 2. The number of hydrazine groups is 1. The summed E-state index contributed by atoms with van der Waals surface area (Å²) in [6.45, 7) is 9.54. The Morgan fingerprint density at radius 1 is 1.07 bits per heavy atom. The standard InChI is InChI=1S/C23H29N3O2/c1-15-10-9-13-18-19(17-11-7-6-8-12-17)14-20(24-23(3,4)5)22(28)26(21(15)18)25-16(2)27/h6-13,19-20,24H,14H2,1-5H3,(H,25,27). The number of nitrogens with zero attached hydrogens (tertiary/aromatic N) is 1. The van der Waals surface area contributed by atoms with Crippen molar-refractivity contribution in [2.45, 2.75) is 58.5 Å². The highest BCUT2D eigenvalue weighted by Gasteiger charge is 2.38. The second kappa shape index (κ2) is 7.76. The highest BCUT2D eigenvalue weighted by atomic mass is 16.2. The van der Waals surface area contributed by atoms with Gasteiger partial charge in [0.1, 0.15) is 0 Å². The van der Waals surface area contributed by atoms with Crippen molar-refractivity contribution in [2.24, 2.45) is 0 Å². The van der Waals surface area contributed by atoms with Crippen LogP contribution < -0.4 is 15.8 Å². The van der Waals surface area contributed by atoms with Crippen LogP contribution in [0.25, 0.3) is 0 Å². The molecule has 2 aromatic rings. The van der Waals surface area contributed by atoms with Crippen LogP contribution in [0, 0.1) is 6.92 Å². The van der Waals surface area contributed by atoms with Crippen molar-refractivity contribution in [2.75, 3.05) is 5.01 Å². The van der Waals surface area contributed by atoms with Gasteiger partial charge in [0, 0.05) is 18.4 Å². The molecule has 0 saturated heterocycles. The maximum absolute atomic E-state index is 13.5. The Hall–Kier alpha value is -2.66. The number of rotatable bonds is 3. The fourth-order valence-electron chi connectivity index (χ4n) is 3.91. The van der Waals surface area contributed by atoms with E-state index in [2.05, 4.69) is 28.9 Å². The third-order valence-corrected chi connectivity index (χ3v) is 4.94. The zero-order valence-corrected chi connectivity index (χ0v) is 17.2. The van der Waals surface area contributed by atoms with Crippen molar-refractivity contribution in [3.8, 4) is 0 Å². The zero-order chi connectivity index (χ0) is 20.5. The van der Waals surface area contributed by atoms with Crippen LogP contribution in [0.5, 0.6) is 0 Å². The van der Waals surface area contributed by atoms with Gasteiger partial charge in [-0.05, 0) is 50.8 Å². The predicted molar refractivity (Wildman–Crippen MR) is 112 cm³/mol. The second-order valence-corrected chi connectivity index (χ2v) is 8.50. The lowest BCUT2D eigenvalue weighted by atomic mass is 9.85. The summed E-state index contributed by atoms with van der Waals surface area (Å²) in [4.78, 5) is 25.4. The summed E-state index contributed by atoms with van der Waals surface area (Å²) >= 11 is 0. The Labute approximate surface area is 167 Å². The summed E-state index contributed by atoms with van der Waals surface area (Å²) < 4.78 is 0. The molecule has 2 aromatic carbocycles. The van der Waals surface area contributed by atoms with Crippen LogP contribution in [0.1, 0.15) is 56.7 Å². The zero-order valence-electron chi connectivity index (χ0n) is 17.2. The molecular weight excluding hydrogens is 350 g/mol. The summed E-state index contributed by atoms with van der Waals surface area (Å²) in [5.74, 6) is -0.368. The SMILES string of the molecule is CC(=O)NN1C(=O)C(NC(C)(C)C)CC(c2ccccc2)c2cccc(C)c21. The van der Waals surface area contributed by atoms with Gasteiger partial charge in [0.2, 0.25) is 5.91 Å². The number of aryl methyl sites for hydroxylation is 1. The lowest BCUT2D eigenvalue weighted by Gasteiger charge is -2.31. The number of para-hydroxylation sites is 1. The molecule has 0 saturated carbocycles. The molecular formula is C23H29N3O2. The monoisotopic (exact) mass is 379 g/mol. The van der Waals surface area contributed by atoms with Crippen molar-refractivity contribution in [3.05, 3.63) is 65.2 Å². The van der Waals surface area contributed by atoms with Crippen LogP contribution in [0.2, 0.25) is 0 Å². The van der Waals surface area contributed by atoms with Crippen molar-refractivity contribution < 1.29 is 9.59 Å². The highest BCUT2D eigenvalue weighted by Crippen LogP contribution is 2.40. The van der Waals surface area contributed by atoms with E-state index in [1.165, 1.54) is 11.9 Å². The van der Waals surface area contributed by atoms with E-state index in [1.54, 1.807) is 0 Å². The molecule has 5 heteroatoms. The number of nitrogens with one attached hydrogen (secondary N) is 2. The van der Waals surface area contributed by atoms with Crippen LogP contribution in [0.3, 0.4) is 0 Å². The van der Waals surface area contributed by atoms with Crippen molar-refractivity contribution in [1.82, 2.24) is 10.7 Å². The van der Waals surface area contributed by atoms with Gasteiger partial charge < -0.3 is 5.32 Å². The van der Waals surface area contributed by atoms with E-state index in [0.717, 1.165) is 22.4 Å². The molecule has 3 rings (SSSR count). The fourth-order valence-corrected chi connectivity index (χ4v) is 3.91. The first-order valence-corrected chi connectivity index (χ1v) is 9.70. The predicted octanol–water partition coefficient (Wildman–Crippen LogP) is 3.67. The molecule has 2 N–H and O–H groups in total. The number of anilines is 1. The normalized spacial score (nSPS) is 19.8. The van der Waals surface area contributed by atoms with Crippen LogP contribution in [-0.4, -0.2) is 23.4 Å². The summed E-state index contributed by atoms with van der Waals surface area (Å²) in [6.07, 6.45) is 0.618. The minimum atomic E-state index is -0.427. The third-order valence-electron chi connectivity index (χ3n) is 4.94. The number of benzene rings is 2. The van der Waals surface area contributed by atoms with Gasteiger partial charge in [-0.2, -0.15) is 0 Å². The Morgan fingerprint density at radius 2 is 1.75 bits per heavy atom. The molecule has 5 nitrogen and oxygen atoms in total. The summed E-state index contributed by atoms with van der Waals surface area (Å²) in [5, 5.41) is 4.91. The number of carbonyl (C=O) groups is 2. The van der Waals surface area contributed by atoms with Gasteiger partial charge in [0.15, 0.2) is 0 Å². The molecule has 0 aliphatic carbocycles. The number of hydrogen-bond donors (Lipinski definition) is 2. The first-order valence-electron chi connectivity index (χ1n) is 9.70. The Kier molecular flexibility index (Phi) is 5.57. The fraction of sp³-hybridized carbons (Fsp3) is 0.391. The van der Waals surface area contributed by atoms with Gasteiger partial charge in [-0.25, -0.2) is 5.01 Å². The van der Waals surface area contributed by atoms with Crippen LogP contribution >= 0.6 is 0 Å². The molecule has 1 heterocycles. The van der Waals surface area contributed by atoms with Crippen molar-refractivity contribution in [3.63, 3.8) is 0 Å². The Balaban J connectivity index is 2.19. The lowest BCUT2D eigenvalue weighted by molar-refractivity contribution is -0.126. The molecule has 0 spiro atoms. The average molecular weight is 380 g/mol. The van der Waals surface area contributed by atoms with Gasteiger partial charge in [-0.1, -0.05) is 48.5 Å². The smallest absolute Gasteiger partial charge is 0.262 e. The molecule has 2 unspecified atom stereocenters. The minimum Gasteiger partial charge on any atom is -0.301 e. The maximum atomic E-state index is 13.5. The largest absolute Gasteiger partial charge is 0.301 e. The van der Waals surface area contributed by atoms with E-state index in [-0.39, 0.29) is 23.3 Å². The van der Waals surface area contributed by atoms with Crippen molar-refractivity contribution in [1.29, 1.82) is 0 Å². The first-order chi connectivity index (χ1) is 13.2. The van der Waals surface area contributed by atoms with Gasteiger partial charge in [-0.15, -0.1) is 0 Å². The molecule has 2 amide bonds. The quantitative estimate of drug-likeness (QED) is 0.855. The third kappa shape index (κ3) is 4.25. The van der Waals surface area contributed by atoms with Crippen LogP contribution in [0.15, 0.2) is 48.5 Å². The molecule has 28 heavy (non-hydrogen) atoms. The van der Waals surface area contributed by atoms with Gasteiger partial charge in [0.05, 0.1) is 11.7 Å². The molecule has 1 aliphatic heterocycles. The van der Waals surface area contributed by atoms with Gasteiger partial charge in [-0.3, -0.25) is 15.0 Å². The van der Waals surface area contributed by atoms with Crippen LogP contribution in [0.4, 0.5) is 5.69 Å². The number of hydrogen-bond acceptors (Lipinski definition) is 3. The van der Waals surface area contributed by atoms with Gasteiger partial charge >= 0.3 is 0 Å². The molecule has 0 aromatic heterocycles. The molecule has 2 atom stereocenters. The highest BCUT2D eigenvalue weighted by molar-refractivity contribution is 6.01. The molecule has 1 aliphatic rings. The summed E-state index contributed by atoms with van der Waals surface area (Å²) in [7, 11) is 0. The second-order valence-electron chi connectivity index (χ2n) is 8.50. The van der Waals surface area contributed by atoms with E-state index in [9.17, 15) is 9.59 Å². The minimum absolute atomic E-state index is 0.0404. The number of fused-ring (bicyclic) bond motifs is 1. The lowest BCUT2D eigenvalue weighted by Crippen LogP contribution is -2.56. The van der Waals surface area contributed by atoms with E-state index in [1.807, 2.05) is 58.0 Å². The molecule has 148 valence electrons. The molecule has 0 bridgehead atoms. The molecule has 0 fully saturated rings. The Morgan fingerprint density at radius 3 is 2.36 bits per heavy atom. The van der Waals surface area contributed by atoms with E-state index < -0.39 is 6.04 Å². The molecule has 0 radical (unpaired) electrons. The number of carbonyl (C=O) groups excluding carboxylic acids is 2. The van der Waals surface area contributed by atoms with E-state index in [4.69, 9.17) is 0 Å². The van der Waals surface area contributed by atoms with Gasteiger partial charge in [0.25, 0.3) is 5.91 Å². The average Bonchev–Trinajstić information content (AvgIpc) is 2.72. The van der Waals surface area contributed by atoms with E-state index >= 15 is 0 Å². The van der Waals surface area contributed by atoms with Crippen molar-refractivity contribution >= 4 is 17.5 Å². The first kappa shape index (κ1) is 20.1. The topological polar surface area (TPSA) is 61.4 Å². The summed E-state index contributed by atoms with van der Waals surface area (Å²) in [5.41, 5.74) is 6.46.